The van der Waals surface area contributed by atoms with Gasteiger partial charge in [0.05, 0.1) is 11.8 Å². The highest BCUT2D eigenvalue weighted by Gasteiger charge is 2.42. The maximum absolute atomic E-state index is 12.5. The average molecular weight is 326 g/mol. The standard InChI is InChI=1S/C19H22N2O3/c22-18(24-13-15-5-2-1-3-6-15)21-11-4-9-19(14-21)16-8-12-23-17(16)7-10-20-19/h1-3,5-6,8,12,20H,4,7,9-11,13-14H2. The predicted molar refractivity (Wildman–Crippen MR) is 89.5 cm³/mol. The normalized spacial score (nSPS) is 23.1. The summed E-state index contributed by atoms with van der Waals surface area (Å²) in [5.74, 6) is 1.05. The van der Waals surface area contributed by atoms with Crippen molar-refractivity contribution in [1.29, 1.82) is 0 Å². The summed E-state index contributed by atoms with van der Waals surface area (Å²) in [6, 6.07) is 11.8. The molecule has 0 bridgehead atoms. The minimum atomic E-state index is -0.240. The second-order valence-corrected chi connectivity index (χ2v) is 6.58. The van der Waals surface area contributed by atoms with Gasteiger partial charge in [0.15, 0.2) is 0 Å². The van der Waals surface area contributed by atoms with Crippen LogP contribution in [0.4, 0.5) is 4.79 Å². The molecule has 2 aliphatic heterocycles. The number of benzene rings is 1. The highest BCUT2D eigenvalue weighted by molar-refractivity contribution is 5.68. The molecule has 1 unspecified atom stereocenters. The highest BCUT2D eigenvalue weighted by atomic mass is 16.6. The molecule has 24 heavy (non-hydrogen) atoms. The number of fused-ring (bicyclic) bond motifs is 2. The molecule has 0 radical (unpaired) electrons. The lowest BCUT2D eigenvalue weighted by molar-refractivity contribution is 0.0622. The largest absolute Gasteiger partial charge is 0.469 e. The molecule has 0 saturated carbocycles. The third-order valence-corrected chi connectivity index (χ3v) is 5.03. The van der Waals surface area contributed by atoms with Crippen molar-refractivity contribution in [2.24, 2.45) is 0 Å². The first-order chi connectivity index (χ1) is 11.8. The Balaban J connectivity index is 1.45. The number of piperidine rings is 1. The molecule has 126 valence electrons. The number of carbonyl (C=O) groups excluding carboxylic acids is 1. The number of nitrogens with zero attached hydrogens (tertiary/aromatic N) is 1. The Morgan fingerprint density at radius 3 is 3.04 bits per heavy atom. The number of furan rings is 1. The van der Waals surface area contributed by atoms with Crippen molar-refractivity contribution in [1.82, 2.24) is 10.2 Å². The second-order valence-electron chi connectivity index (χ2n) is 6.58. The zero-order valence-corrected chi connectivity index (χ0v) is 13.7. The Hall–Kier alpha value is -2.27. The van der Waals surface area contributed by atoms with Gasteiger partial charge in [-0.3, -0.25) is 0 Å². The van der Waals surface area contributed by atoms with E-state index in [0.29, 0.717) is 13.2 Å². The molecule has 5 heteroatoms. The molecule has 1 atom stereocenters. The lowest BCUT2D eigenvalue weighted by Gasteiger charge is -2.45. The summed E-state index contributed by atoms with van der Waals surface area (Å²) in [7, 11) is 0. The smallest absolute Gasteiger partial charge is 0.410 e. The van der Waals surface area contributed by atoms with Crippen LogP contribution < -0.4 is 5.32 Å². The van der Waals surface area contributed by atoms with Crippen LogP contribution in [-0.2, 0) is 23.3 Å². The van der Waals surface area contributed by atoms with E-state index >= 15 is 0 Å². The molecule has 1 spiro atoms. The zero-order chi connectivity index (χ0) is 16.4. The summed E-state index contributed by atoms with van der Waals surface area (Å²) in [4.78, 5) is 14.3. The van der Waals surface area contributed by atoms with Crippen LogP contribution in [-0.4, -0.2) is 30.6 Å². The van der Waals surface area contributed by atoms with Crippen molar-refractivity contribution in [3.8, 4) is 0 Å². The van der Waals surface area contributed by atoms with Crippen LogP contribution in [0.25, 0.3) is 0 Å². The van der Waals surface area contributed by atoms with E-state index < -0.39 is 0 Å². The number of ether oxygens (including phenoxy) is 1. The minimum absolute atomic E-state index is 0.190. The van der Waals surface area contributed by atoms with Crippen LogP contribution in [0.15, 0.2) is 47.1 Å². The Labute approximate surface area is 141 Å². The van der Waals surface area contributed by atoms with Crippen molar-refractivity contribution in [3.63, 3.8) is 0 Å². The summed E-state index contributed by atoms with van der Waals surface area (Å²) < 4.78 is 11.1. The summed E-state index contributed by atoms with van der Waals surface area (Å²) in [5, 5.41) is 3.63. The van der Waals surface area contributed by atoms with Crippen molar-refractivity contribution < 1.29 is 13.9 Å². The van der Waals surface area contributed by atoms with Gasteiger partial charge in [-0.25, -0.2) is 4.79 Å². The van der Waals surface area contributed by atoms with Gasteiger partial charge in [-0.15, -0.1) is 0 Å². The summed E-state index contributed by atoms with van der Waals surface area (Å²) in [5.41, 5.74) is 2.02. The Bertz CT molecular complexity index is 712. The number of carbonyl (C=O) groups is 1. The van der Waals surface area contributed by atoms with Gasteiger partial charge in [-0.2, -0.15) is 0 Å². The van der Waals surface area contributed by atoms with E-state index in [1.807, 2.05) is 41.3 Å². The number of likely N-dealkylation sites (tertiary alicyclic amines) is 1. The predicted octanol–water partition coefficient (Wildman–Crippen LogP) is 3.05. The molecule has 1 N–H and O–H groups in total. The lowest BCUT2D eigenvalue weighted by atomic mass is 9.80. The number of hydrogen-bond acceptors (Lipinski definition) is 4. The van der Waals surface area contributed by atoms with Gasteiger partial charge in [-0.05, 0) is 24.5 Å². The van der Waals surface area contributed by atoms with E-state index in [-0.39, 0.29) is 11.6 Å². The van der Waals surface area contributed by atoms with Crippen LogP contribution in [0, 0.1) is 0 Å². The third-order valence-electron chi connectivity index (χ3n) is 5.03. The number of rotatable bonds is 2. The molecule has 1 aromatic heterocycles. The molecule has 1 fully saturated rings. The zero-order valence-electron chi connectivity index (χ0n) is 13.7. The van der Waals surface area contributed by atoms with Gasteiger partial charge in [-0.1, -0.05) is 30.3 Å². The maximum Gasteiger partial charge on any atom is 0.410 e. The highest BCUT2D eigenvalue weighted by Crippen LogP contribution is 2.37. The maximum atomic E-state index is 12.5. The van der Waals surface area contributed by atoms with Gasteiger partial charge in [0.25, 0.3) is 0 Å². The fraction of sp³-hybridized carbons (Fsp3) is 0.421. The minimum Gasteiger partial charge on any atom is -0.469 e. The molecule has 0 aliphatic carbocycles. The monoisotopic (exact) mass is 326 g/mol. The van der Waals surface area contributed by atoms with E-state index in [9.17, 15) is 4.79 Å². The SMILES string of the molecule is O=C(OCc1ccccc1)N1CCCC2(C1)NCCc1occc12. The molecular weight excluding hydrogens is 304 g/mol. The van der Waals surface area contributed by atoms with Gasteiger partial charge >= 0.3 is 6.09 Å². The van der Waals surface area contributed by atoms with Crippen LogP contribution in [0.5, 0.6) is 0 Å². The Morgan fingerprint density at radius 2 is 2.17 bits per heavy atom. The fourth-order valence-electron chi connectivity index (χ4n) is 3.86. The molecule has 1 saturated heterocycles. The van der Waals surface area contributed by atoms with Gasteiger partial charge in [0.1, 0.15) is 12.4 Å². The summed E-state index contributed by atoms with van der Waals surface area (Å²) in [6.45, 7) is 2.57. The van der Waals surface area contributed by atoms with Crippen molar-refractivity contribution in [2.75, 3.05) is 19.6 Å². The molecule has 5 nitrogen and oxygen atoms in total. The van der Waals surface area contributed by atoms with Crippen molar-refractivity contribution in [2.45, 2.75) is 31.4 Å². The first-order valence-corrected chi connectivity index (χ1v) is 8.54. The average Bonchev–Trinajstić information content (AvgIpc) is 3.11. The van der Waals surface area contributed by atoms with Crippen LogP contribution in [0.1, 0.15) is 29.7 Å². The van der Waals surface area contributed by atoms with Crippen molar-refractivity contribution >= 4 is 6.09 Å². The van der Waals surface area contributed by atoms with Crippen LogP contribution in [0.2, 0.25) is 0 Å². The van der Waals surface area contributed by atoms with Crippen molar-refractivity contribution in [3.05, 3.63) is 59.5 Å². The molecule has 1 aromatic carbocycles. The van der Waals surface area contributed by atoms with E-state index in [1.54, 1.807) is 6.26 Å². The van der Waals surface area contributed by atoms with E-state index in [0.717, 1.165) is 43.7 Å². The Kier molecular flexibility index (Phi) is 4.02. The first kappa shape index (κ1) is 15.3. The molecule has 2 aliphatic rings. The van der Waals surface area contributed by atoms with Crippen LogP contribution >= 0.6 is 0 Å². The van der Waals surface area contributed by atoms with E-state index in [4.69, 9.17) is 9.15 Å². The van der Waals surface area contributed by atoms with Gasteiger partial charge in [0, 0.05) is 31.6 Å². The Morgan fingerprint density at radius 1 is 1.29 bits per heavy atom. The quantitative estimate of drug-likeness (QED) is 0.921. The molecule has 1 amide bonds. The lowest BCUT2D eigenvalue weighted by Crippen LogP contribution is -2.58. The summed E-state index contributed by atoms with van der Waals surface area (Å²) >= 11 is 0. The first-order valence-electron chi connectivity index (χ1n) is 8.54. The van der Waals surface area contributed by atoms with Crippen LogP contribution in [0.3, 0.4) is 0 Å². The molecular formula is C19H22N2O3. The fourth-order valence-corrected chi connectivity index (χ4v) is 3.86. The third kappa shape index (κ3) is 2.80. The van der Waals surface area contributed by atoms with Gasteiger partial charge < -0.3 is 19.4 Å². The molecule has 3 heterocycles. The molecule has 4 rings (SSSR count). The van der Waals surface area contributed by atoms with Gasteiger partial charge in [0.2, 0.25) is 0 Å². The number of hydrogen-bond donors (Lipinski definition) is 1. The number of amides is 1. The molecule has 2 aromatic rings. The second kappa shape index (κ2) is 6.32. The van der Waals surface area contributed by atoms with E-state index in [2.05, 4.69) is 5.32 Å². The summed E-state index contributed by atoms with van der Waals surface area (Å²) in [6.07, 6.45) is 4.39. The number of nitrogens with one attached hydrogen (secondary N) is 1. The topological polar surface area (TPSA) is 54.7 Å². The van der Waals surface area contributed by atoms with E-state index in [1.165, 1.54) is 5.56 Å².